The highest BCUT2D eigenvalue weighted by molar-refractivity contribution is 7.09. The van der Waals surface area contributed by atoms with E-state index in [4.69, 9.17) is 4.74 Å². The van der Waals surface area contributed by atoms with E-state index >= 15 is 0 Å². The van der Waals surface area contributed by atoms with E-state index in [1.165, 1.54) is 30.8 Å². The zero-order valence-electron chi connectivity index (χ0n) is 8.58. The second kappa shape index (κ2) is 4.80. The number of ether oxygens (including phenoxy) is 1. The van der Waals surface area contributed by atoms with Crippen LogP contribution < -0.4 is 4.74 Å². The first-order chi connectivity index (χ1) is 7.79. The molecule has 0 aliphatic carbocycles. The Labute approximate surface area is 96.2 Å². The summed E-state index contributed by atoms with van der Waals surface area (Å²) in [6.45, 7) is 0. The Balaban J connectivity index is 2.14. The Morgan fingerprint density at radius 2 is 2.38 bits per heavy atom. The van der Waals surface area contributed by atoms with E-state index in [-0.39, 0.29) is 5.78 Å². The Hall–Kier alpha value is -1.82. The van der Waals surface area contributed by atoms with Gasteiger partial charge in [0.2, 0.25) is 5.88 Å². The average molecular weight is 235 g/mol. The van der Waals surface area contributed by atoms with Crippen molar-refractivity contribution in [3.63, 3.8) is 0 Å². The van der Waals surface area contributed by atoms with Gasteiger partial charge in [-0.3, -0.25) is 9.78 Å². The summed E-state index contributed by atoms with van der Waals surface area (Å²) in [7, 11) is 1.50. The van der Waals surface area contributed by atoms with Crippen LogP contribution in [0, 0.1) is 0 Å². The molecule has 0 unspecified atom stereocenters. The Morgan fingerprint density at radius 1 is 1.50 bits per heavy atom. The summed E-state index contributed by atoms with van der Waals surface area (Å²) in [6.07, 6.45) is 3.31. The summed E-state index contributed by atoms with van der Waals surface area (Å²) >= 11 is 1.45. The molecule has 0 saturated heterocycles. The topological polar surface area (TPSA) is 65.0 Å². The van der Waals surface area contributed by atoms with Gasteiger partial charge in [0.15, 0.2) is 5.78 Å². The maximum Gasteiger partial charge on any atom is 0.216 e. The summed E-state index contributed by atoms with van der Waals surface area (Å²) in [5, 5.41) is 0. The smallest absolute Gasteiger partial charge is 0.216 e. The maximum absolute atomic E-state index is 11.8. The van der Waals surface area contributed by atoms with Gasteiger partial charge in [-0.15, -0.1) is 11.3 Å². The number of rotatable bonds is 4. The van der Waals surface area contributed by atoms with Gasteiger partial charge in [-0.2, -0.15) is 0 Å². The van der Waals surface area contributed by atoms with Crippen LogP contribution in [-0.2, 0) is 6.42 Å². The van der Waals surface area contributed by atoms with Crippen molar-refractivity contribution in [2.24, 2.45) is 0 Å². The Kier molecular flexibility index (Phi) is 3.21. The molecule has 0 saturated carbocycles. The minimum atomic E-state index is -0.0649. The van der Waals surface area contributed by atoms with Crippen molar-refractivity contribution in [2.75, 3.05) is 7.11 Å². The summed E-state index contributed by atoms with van der Waals surface area (Å²) < 4.78 is 4.93. The molecule has 2 rings (SSSR count). The van der Waals surface area contributed by atoms with Crippen LogP contribution in [0.3, 0.4) is 0 Å². The standard InChI is InChI=1S/C10H9N3O2S/c1-15-10-3-8(12-5-13-10)9(14)2-7-4-11-6-16-7/h3-6H,2H2,1H3. The summed E-state index contributed by atoms with van der Waals surface area (Å²) in [5.74, 6) is 0.326. The molecule has 16 heavy (non-hydrogen) atoms. The minimum absolute atomic E-state index is 0.0649. The van der Waals surface area contributed by atoms with Crippen LogP contribution in [0.2, 0.25) is 0 Å². The fourth-order valence-electron chi connectivity index (χ4n) is 1.18. The molecule has 0 aliphatic heterocycles. The molecule has 0 fully saturated rings. The van der Waals surface area contributed by atoms with E-state index in [1.54, 1.807) is 11.7 Å². The van der Waals surface area contributed by atoms with E-state index in [2.05, 4.69) is 15.0 Å². The molecule has 0 radical (unpaired) electrons. The SMILES string of the molecule is COc1cc(C(=O)Cc2cncs2)ncn1. The van der Waals surface area contributed by atoms with Gasteiger partial charge in [0.25, 0.3) is 0 Å². The second-order valence-corrected chi connectivity index (χ2v) is 3.98. The lowest BCUT2D eigenvalue weighted by Crippen LogP contribution is -2.06. The highest BCUT2D eigenvalue weighted by Gasteiger charge is 2.10. The molecule has 6 heteroatoms. The molecule has 0 aromatic carbocycles. The molecule has 2 aromatic heterocycles. The fourth-order valence-corrected chi connectivity index (χ4v) is 1.78. The van der Waals surface area contributed by atoms with Crippen molar-refractivity contribution < 1.29 is 9.53 Å². The zero-order valence-corrected chi connectivity index (χ0v) is 9.40. The first-order valence-electron chi connectivity index (χ1n) is 4.56. The molecule has 0 spiro atoms. The number of hydrogen-bond acceptors (Lipinski definition) is 6. The van der Waals surface area contributed by atoms with E-state index in [9.17, 15) is 4.79 Å². The quantitative estimate of drug-likeness (QED) is 0.749. The third-order valence-corrected chi connectivity index (χ3v) is 2.73. The molecule has 2 heterocycles. The van der Waals surface area contributed by atoms with Crippen molar-refractivity contribution >= 4 is 17.1 Å². The molecule has 0 bridgehead atoms. The van der Waals surface area contributed by atoms with Crippen molar-refractivity contribution in [1.82, 2.24) is 15.0 Å². The number of nitrogens with zero attached hydrogens (tertiary/aromatic N) is 3. The predicted octanol–water partition coefficient (Wildman–Crippen LogP) is 1.37. The number of carbonyl (C=O) groups excluding carboxylic acids is 1. The highest BCUT2D eigenvalue weighted by atomic mass is 32.1. The van der Waals surface area contributed by atoms with Gasteiger partial charge < -0.3 is 4.74 Å². The first kappa shape index (κ1) is 10.7. The third-order valence-electron chi connectivity index (χ3n) is 1.96. The number of thiazole rings is 1. The van der Waals surface area contributed by atoms with Gasteiger partial charge in [0.05, 0.1) is 12.6 Å². The van der Waals surface area contributed by atoms with Gasteiger partial charge in [0, 0.05) is 23.6 Å². The van der Waals surface area contributed by atoms with Gasteiger partial charge in [-0.05, 0) is 0 Å². The van der Waals surface area contributed by atoms with Gasteiger partial charge in [0.1, 0.15) is 12.0 Å². The minimum Gasteiger partial charge on any atom is -0.481 e. The van der Waals surface area contributed by atoms with Crippen LogP contribution >= 0.6 is 11.3 Å². The lowest BCUT2D eigenvalue weighted by Gasteiger charge is -2.00. The first-order valence-corrected chi connectivity index (χ1v) is 5.44. The molecule has 0 amide bonds. The molecule has 0 atom stereocenters. The lowest BCUT2D eigenvalue weighted by molar-refractivity contribution is 0.0988. The number of Topliss-reactive ketones (excluding diaryl/α,β-unsaturated/α-hetero) is 1. The van der Waals surface area contributed by atoms with Gasteiger partial charge in [-0.1, -0.05) is 0 Å². The van der Waals surface area contributed by atoms with Crippen LogP contribution in [0.4, 0.5) is 0 Å². The van der Waals surface area contributed by atoms with Crippen molar-refractivity contribution in [1.29, 1.82) is 0 Å². The number of ketones is 1. The van der Waals surface area contributed by atoms with Crippen LogP contribution in [0.25, 0.3) is 0 Å². The van der Waals surface area contributed by atoms with E-state index in [0.717, 1.165) is 4.88 Å². The van der Waals surface area contributed by atoms with Gasteiger partial charge in [-0.25, -0.2) is 9.97 Å². The summed E-state index contributed by atoms with van der Waals surface area (Å²) in [4.78, 5) is 24.4. The van der Waals surface area contributed by atoms with Crippen LogP contribution in [0.1, 0.15) is 15.4 Å². The molecular weight excluding hydrogens is 226 g/mol. The molecule has 82 valence electrons. The van der Waals surface area contributed by atoms with Crippen molar-refractivity contribution in [2.45, 2.75) is 6.42 Å². The average Bonchev–Trinajstić information content (AvgIpc) is 2.82. The van der Waals surface area contributed by atoms with E-state index in [1.807, 2.05) is 0 Å². The highest BCUT2D eigenvalue weighted by Crippen LogP contribution is 2.12. The molecule has 0 N–H and O–H groups in total. The molecule has 0 aliphatic rings. The van der Waals surface area contributed by atoms with Crippen molar-refractivity contribution in [3.05, 3.63) is 34.7 Å². The number of carbonyl (C=O) groups is 1. The predicted molar refractivity (Wildman–Crippen MR) is 58.7 cm³/mol. The molecule has 5 nitrogen and oxygen atoms in total. The molecular formula is C10H9N3O2S. The molecule has 2 aromatic rings. The number of hydrogen-bond donors (Lipinski definition) is 0. The zero-order chi connectivity index (χ0) is 11.4. The largest absolute Gasteiger partial charge is 0.481 e. The monoisotopic (exact) mass is 235 g/mol. The van der Waals surface area contributed by atoms with Gasteiger partial charge >= 0.3 is 0 Å². The Bertz CT molecular complexity index is 485. The van der Waals surface area contributed by atoms with E-state index < -0.39 is 0 Å². The second-order valence-electron chi connectivity index (χ2n) is 3.01. The summed E-state index contributed by atoms with van der Waals surface area (Å²) in [5.41, 5.74) is 2.06. The normalized spacial score (nSPS) is 10.1. The van der Waals surface area contributed by atoms with Crippen molar-refractivity contribution in [3.8, 4) is 5.88 Å². The third kappa shape index (κ3) is 2.40. The maximum atomic E-state index is 11.8. The van der Waals surface area contributed by atoms with Crippen LogP contribution in [-0.4, -0.2) is 27.8 Å². The van der Waals surface area contributed by atoms with E-state index in [0.29, 0.717) is 18.0 Å². The fraction of sp³-hybridized carbons (Fsp3) is 0.200. The number of aromatic nitrogens is 3. The number of methoxy groups -OCH3 is 1. The van der Waals surface area contributed by atoms with Crippen LogP contribution in [0.15, 0.2) is 24.1 Å². The Morgan fingerprint density at radius 3 is 3.06 bits per heavy atom. The lowest BCUT2D eigenvalue weighted by atomic mass is 10.2. The van der Waals surface area contributed by atoms with Crippen LogP contribution in [0.5, 0.6) is 5.88 Å². The summed E-state index contributed by atoms with van der Waals surface area (Å²) in [6, 6.07) is 1.53.